The number of aliphatic imine (C=N–C) groups is 1. The number of rotatable bonds is 8. The van der Waals surface area contributed by atoms with Crippen molar-refractivity contribution < 1.29 is 14.2 Å². The molecule has 1 saturated heterocycles. The van der Waals surface area contributed by atoms with Crippen LogP contribution in [0, 0.1) is 0 Å². The Kier molecular flexibility index (Phi) is 6.88. The molecule has 0 bridgehead atoms. The van der Waals surface area contributed by atoms with Crippen molar-refractivity contribution in [3.05, 3.63) is 35.9 Å². The molecule has 0 radical (unpaired) electrons. The average molecular weight is 402 g/mol. The van der Waals surface area contributed by atoms with Gasteiger partial charge in [0.25, 0.3) is 17.8 Å². The molecule has 150 valence electrons. The molecule has 1 aromatic carbocycles. The van der Waals surface area contributed by atoms with Crippen LogP contribution in [0.4, 0.5) is 4.79 Å². The van der Waals surface area contributed by atoms with Crippen LogP contribution < -0.4 is 0 Å². The molecule has 28 heavy (non-hydrogen) atoms. The standard InChI is InChI=1S/C21H29N4O2S/c1-4-5-6-7-11-14-28-20-22-18-17(19(26)24(3)21(27)23(18)2)25(20)15-16-12-9-8-10-13-16/h8-10,12-13,17H,4-7,11,14-15H2,1-3H3/q+1. The minimum atomic E-state index is -0.532. The number of fused-ring (bicyclic) bond motifs is 1. The van der Waals surface area contributed by atoms with Gasteiger partial charge in [-0.1, -0.05) is 62.9 Å². The van der Waals surface area contributed by atoms with Gasteiger partial charge >= 0.3 is 11.2 Å². The molecule has 7 heteroatoms. The predicted octanol–water partition coefficient (Wildman–Crippen LogP) is 3.56. The number of benzene rings is 1. The van der Waals surface area contributed by atoms with E-state index in [0.29, 0.717) is 12.4 Å². The Hall–Kier alpha value is -2.15. The van der Waals surface area contributed by atoms with Crippen molar-refractivity contribution in [3.63, 3.8) is 0 Å². The smallest absolute Gasteiger partial charge is 0.269 e. The van der Waals surface area contributed by atoms with E-state index in [4.69, 9.17) is 4.99 Å². The quantitative estimate of drug-likeness (QED) is 0.494. The molecule has 0 N–H and O–H groups in total. The molecule has 3 rings (SSSR count). The Bertz CT molecular complexity index is 791. The second-order valence-electron chi connectivity index (χ2n) is 7.27. The minimum absolute atomic E-state index is 0.212. The third kappa shape index (κ3) is 4.29. The molecular formula is C21H29N4O2S+. The van der Waals surface area contributed by atoms with Crippen molar-refractivity contribution in [2.75, 3.05) is 19.8 Å². The lowest BCUT2D eigenvalue weighted by molar-refractivity contribution is -0.548. The molecule has 2 aliphatic heterocycles. The summed E-state index contributed by atoms with van der Waals surface area (Å²) >= 11 is 1.69. The zero-order valence-corrected chi connectivity index (χ0v) is 17.7. The lowest BCUT2D eigenvalue weighted by atomic mass is 10.1. The van der Waals surface area contributed by atoms with Gasteiger partial charge in [-0.3, -0.25) is 14.6 Å². The highest BCUT2D eigenvalue weighted by atomic mass is 32.2. The topological polar surface area (TPSA) is 56.0 Å². The van der Waals surface area contributed by atoms with Gasteiger partial charge in [0.1, 0.15) is 6.54 Å². The first-order valence-electron chi connectivity index (χ1n) is 9.98. The third-order valence-electron chi connectivity index (χ3n) is 5.17. The number of amidine groups is 2. The fourth-order valence-electron chi connectivity index (χ4n) is 3.50. The second kappa shape index (κ2) is 9.37. The summed E-state index contributed by atoms with van der Waals surface area (Å²) < 4.78 is 2.04. The van der Waals surface area contributed by atoms with Gasteiger partial charge < -0.3 is 0 Å². The highest BCUT2D eigenvalue weighted by Gasteiger charge is 2.53. The number of thioether (sulfide) groups is 1. The fourth-order valence-corrected chi connectivity index (χ4v) is 4.52. The van der Waals surface area contributed by atoms with E-state index in [2.05, 4.69) is 19.1 Å². The molecule has 3 amide bonds. The summed E-state index contributed by atoms with van der Waals surface area (Å²) in [5.41, 5.74) is 1.12. The van der Waals surface area contributed by atoms with Crippen molar-refractivity contribution in [3.8, 4) is 0 Å². The van der Waals surface area contributed by atoms with Crippen LogP contribution in [0.15, 0.2) is 35.3 Å². The molecule has 2 aliphatic rings. The number of hydrogen-bond acceptors (Lipinski definition) is 4. The number of amides is 3. The van der Waals surface area contributed by atoms with Gasteiger partial charge in [0.15, 0.2) is 0 Å². The Morgan fingerprint density at radius 1 is 1.04 bits per heavy atom. The molecule has 1 atom stereocenters. The van der Waals surface area contributed by atoms with Crippen molar-refractivity contribution in [2.45, 2.75) is 51.6 Å². The summed E-state index contributed by atoms with van der Waals surface area (Å²) in [6, 6.07) is 9.22. The maximum atomic E-state index is 12.9. The van der Waals surface area contributed by atoms with Crippen LogP contribution in [0.1, 0.15) is 44.6 Å². The van der Waals surface area contributed by atoms with E-state index in [1.54, 1.807) is 18.8 Å². The summed E-state index contributed by atoms with van der Waals surface area (Å²) in [5, 5.41) is 0.836. The van der Waals surface area contributed by atoms with E-state index in [0.717, 1.165) is 22.9 Å². The first kappa shape index (κ1) is 20.6. The molecule has 0 aromatic heterocycles. The van der Waals surface area contributed by atoms with E-state index >= 15 is 0 Å². The molecule has 0 saturated carbocycles. The largest absolute Gasteiger partial charge is 0.358 e. The van der Waals surface area contributed by atoms with Crippen LogP contribution in [-0.4, -0.2) is 63.2 Å². The second-order valence-corrected chi connectivity index (χ2v) is 8.33. The number of carbonyl (C=O) groups is 2. The van der Waals surface area contributed by atoms with Crippen LogP contribution in [0.25, 0.3) is 0 Å². The molecule has 6 nitrogen and oxygen atoms in total. The van der Waals surface area contributed by atoms with E-state index < -0.39 is 6.04 Å². The van der Waals surface area contributed by atoms with Crippen molar-refractivity contribution in [2.24, 2.45) is 4.99 Å². The summed E-state index contributed by atoms with van der Waals surface area (Å²) in [4.78, 5) is 32.6. The highest BCUT2D eigenvalue weighted by Crippen LogP contribution is 2.25. The van der Waals surface area contributed by atoms with Crippen molar-refractivity contribution >= 4 is 34.7 Å². The minimum Gasteiger partial charge on any atom is -0.269 e. The Labute approximate surface area is 171 Å². The number of likely N-dealkylation sites (N-methyl/N-ethyl adjacent to an activating group) is 2. The van der Waals surface area contributed by atoms with Gasteiger partial charge in [-0.05, 0) is 28.7 Å². The number of hydrogen-bond donors (Lipinski definition) is 0. The van der Waals surface area contributed by atoms with Crippen LogP contribution in [-0.2, 0) is 11.3 Å². The van der Waals surface area contributed by atoms with Crippen LogP contribution in [0.3, 0.4) is 0 Å². The van der Waals surface area contributed by atoms with Gasteiger partial charge in [0.2, 0.25) is 0 Å². The van der Waals surface area contributed by atoms with Gasteiger partial charge in [0, 0.05) is 19.8 Å². The Morgan fingerprint density at radius 3 is 2.46 bits per heavy atom. The normalized spacial score (nSPS) is 19.4. The third-order valence-corrected chi connectivity index (χ3v) is 6.25. The summed E-state index contributed by atoms with van der Waals surface area (Å²) in [6.45, 7) is 2.81. The first-order chi connectivity index (χ1) is 13.5. The van der Waals surface area contributed by atoms with Gasteiger partial charge in [-0.2, -0.15) is 0 Å². The molecular weight excluding hydrogens is 372 g/mol. The fraction of sp³-hybridized carbons (Fsp3) is 0.524. The zero-order valence-electron chi connectivity index (χ0n) is 16.9. The van der Waals surface area contributed by atoms with Crippen LogP contribution in [0.5, 0.6) is 0 Å². The van der Waals surface area contributed by atoms with Crippen LogP contribution in [0.2, 0.25) is 0 Å². The number of imide groups is 1. The molecule has 2 heterocycles. The zero-order chi connectivity index (χ0) is 20.1. The van der Waals surface area contributed by atoms with Crippen LogP contribution >= 0.6 is 11.8 Å². The van der Waals surface area contributed by atoms with Crippen molar-refractivity contribution in [1.29, 1.82) is 0 Å². The number of urea groups is 1. The predicted molar refractivity (Wildman–Crippen MR) is 114 cm³/mol. The van der Waals surface area contributed by atoms with E-state index in [9.17, 15) is 9.59 Å². The lowest BCUT2D eigenvalue weighted by Crippen LogP contribution is -2.61. The lowest BCUT2D eigenvalue weighted by Gasteiger charge is -2.30. The molecule has 1 aromatic rings. The molecule has 1 unspecified atom stereocenters. The SMILES string of the molecule is CCCCCCCSC1=[N+](Cc2ccccc2)C2C(=O)N(C)C(=O)N(C)C2=N1. The summed E-state index contributed by atoms with van der Waals surface area (Å²) in [7, 11) is 3.23. The Morgan fingerprint density at radius 2 is 1.75 bits per heavy atom. The van der Waals surface area contributed by atoms with Gasteiger partial charge in [0.05, 0.1) is 0 Å². The maximum Gasteiger partial charge on any atom is 0.358 e. The van der Waals surface area contributed by atoms with Gasteiger partial charge in [-0.15, -0.1) is 0 Å². The highest BCUT2D eigenvalue weighted by molar-refractivity contribution is 8.13. The number of nitrogens with zero attached hydrogens (tertiary/aromatic N) is 4. The van der Waals surface area contributed by atoms with Crippen molar-refractivity contribution in [1.82, 2.24) is 9.80 Å². The first-order valence-corrected chi connectivity index (χ1v) is 11.0. The number of unbranched alkanes of at least 4 members (excludes halogenated alkanes) is 4. The van der Waals surface area contributed by atoms with E-state index in [1.807, 2.05) is 22.8 Å². The molecule has 0 aliphatic carbocycles. The van der Waals surface area contributed by atoms with Gasteiger partial charge in [-0.25, -0.2) is 9.37 Å². The monoisotopic (exact) mass is 401 g/mol. The maximum absolute atomic E-state index is 12.9. The summed E-state index contributed by atoms with van der Waals surface area (Å²) in [5.74, 6) is 1.30. The Balaban J connectivity index is 1.80. The van der Waals surface area contributed by atoms with E-state index in [-0.39, 0.29) is 11.9 Å². The molecule has 0 spiro atoms. The molecule has 1 fully saturated rings. The summed E-state index contributed by atoms with van der Waals surface area (Å²) in [6.07, 6.45) is 6.12. The number of carbonyl (C=O) groups excluding carboxylic acids is 2. The van der Waals surface area contributed by atoms with E-state index in [1.165, 1.54) is 42.5 Å². The average Bonchev–Trinajstić information content (AvgIpc) is 3.06.